The smallest absolute Gasteiger partial charge is 0.221 e. The van der Waals surface area contributed by atoms with E-state index in [1.807, 2.05) is 6.92 Å². The lowest BCUT2D eigenvalue weighted by Gasteiger charge is -2.29. The molecule has 106 valence electrons. The minimum Gasteiger partial charge on any atom is -0.392 e. The van der Waals surface area contributed by atoms with Crippen molar-refractivity contribution in [1.29, 1.82) is 0 Å². The Hall–Kier alpha value is -0.200. The second kappa shape index (κ2) is 6.82. The predicted octanol–water partition coefficient (Wildman–Crippen LogP) is 1.94. The van der Waals surface area contributed by atoms with Crippen molar-refractivity contribution in [1.82, 2.24) is 4.72 Å². The summed E-state index contributed by atoms with van der Waals surface area (Å²) in [7, 11) is -3.44. The maximum absolute atomic E-state index is 12.2. The second-order valence-corrected chi connectivity index (χ2v) is 7.52. The van der Waals surface area contributed by atoms with E-state index in [1.54, 1.807) is 6.92 Å². The Morgan fingerprint density at radius 3 is 2.39 bits per heavy atom. The summed E-state index contributed by atoms with van der Waals surface area (Å²) in [6, 6.07) is -0.0290. The molecule has 0 aromatic carbocycles. The normalized spacial score (nSPS) is 21.4. The molecule has 0 heterocycles. The van der Waals surface area contributed by atoms with Gasteiger partial charge in [-0.25, -0.2) is 13.1 Å². The van der Waals surface area contributed by atoms with Crippen molar-refractivity contribution in [2.24, 2.45) is 11.7 Å². The molecule has 1 aliphatic carbocycles. The fourth-order valence-electron chi connectivity index (χ4n) is 2.65. The van der Waals surface area contributed by atoms with Crippen molar-refractivity contribution < 1.29 is 8.42 Å². The van der Waals surface area contributed by atoms with Crippen molar-refractivity contribution in [3.05, 3.63) is 0 Å². The van der Waals surface area contributed by atoms with Crippen molar-refractivity contribution in [2.45, 2.75) is 63.7 Å². The number of hydrogen-bond donors (Lipinski definition) is 2. The van der Waals surface area contributed by atoms with Crippen molar-refractivity contribution in [3.8, 4) is 0 Å². The third kappa shape index (κ3) is 4.17. The Bertz CT molecular complexity index is 376. The van der Waals surface area contributed by atoms with E-state index in [9.17, 15) is 8.42 Å². The van der Waals surface area contributed by atoms with Gasteiger partial charge in [0, 0.05) is 6.04 Å². The number of thiocarbonyl (C=S) groups is 1. The molecule has 0 aromatic heterocycles. The molecule has 0 aromatic rings. The van der Waals surface area contributed by atoms with Crippen LogP contribution in [0.25, 0.3) is 0 Å². The average molecular weight is 292 g/mol. The highest BCUT2D eigenvalue weighted by Gasteiger charge is 2.30. The van der Waals surface area contributed by atoms with E-state index in [1.165, 1.54) is 19.3 Å². The maximum atomic E-state index is 12.2. The van der Waals surface area contributed by atoms with E-state index in [-0.39, 0.29) is 11.0 Å². The second-order valence-electron chi connectivity index (χ2n) is 5.15. The fourth-order valence-corrected chi connectivity index (χ4v) is 4.81. The predicted molar refractivity (Wildman–Crippen MR) is 79.0 cm³/mol. The van der Waals surface area contributed by atoms with Gasteiger partial charge >= 0.3 is 0 Å². The molecule has 1 aliphatic rings. The Labute approximate surface area is 116 Å². The summed E-state index contributed by atoms with van der Waals surface area (Å²) in [5, 5.41) is -0.751. The molecule has 1 fully saturated rings. The van der Waals surface area contributed by atoms with Gasteiger partial charge in [-0.05, 0) is 32.1 Å². The molecule has 4 nitrogen and oxygen atoms in total. The summed E-state index contributed by atoms with van der Waals surface area (Å²) in [4.78, 5) is 0.0563. The van der Waals surface area contributed by atoms with E-state index in [2.05, 4.69) is 4.72 Å². The number of nitrogens with one attached hydrogen (secondary N) is 1. The van der Waals surface area contributed by atoms with E-state index >= 15 is 0 Å². The van der Waals surface area contributed by atoms with Gasteiger partial charge in [0.05, 0.1) is 4.99 Å². The van der Waals surface area contributed by atoms with Crippen molar-refractivity contribution in [3.63, 3.8) is 0 Å². The fraction of sp³-hybridized carbons (Fsp3) is 0.917. The molecule has 0 bridgehead atoms. The number of hydrogen-bond acceptors (Lipinski definition) is 3. The zero-order valence-electron chi connectivity index (χ0n) is 11.2. The summed E-state index contributed by atoms with van der Waals surface area (Å²) >= 11 is 4.83. The SMILES string of the molecule is CCC(C(N)=S)S(=O)(=O)NC(C)C1CCCCC1. The zero-order chi connectivity index (χ0) is 13.8. The van der Waals surface area contributed by atoms with Crippen LogP contribution in [-0.4, -0.2) is 24.7 Å². The summed E-state index contributed by atoms with van der Waals surface area (Å²) in [6.45, 7) is 3.73. The molecular formula is C12H24N2O2S2. The third-order valence-electron chi connectivity index (χ3n) is 3.77. The van der Waals surface area contributed by atoms with Crippen LogP contribution in [0.3, 0.4) is 0 Å². The molecule has 0 aliphatic heterocycles. The molecule has 2 unspecified atom stereocenters. The Balaban J connectivity index is 2.66. The van der Waals surface area contributed by atoms with Crippen LogP contribution in [0.1, 0.15) is 52.4 Å². The van der Waals surface area contributed by atoms with Crippen LogP contribution in [-0.2, 0) is 10.0 Å². The summed E-state index contributed by atoms with van der Waals surface area (Å²) in [5.74, 6) is 0.442. The molecule has 2 atom stereocenters. The van der Waals surface area contributed by atoms with Crippen LogP contribution in [0.4, 0.5) is 0 Å². The topological polar surface area (TPSA) is 72.2 Å². The van der Waals surface area contributed by atoms with E-state index in [0.29, 0.717) is 12.3 Å². The first kappa shape index (κ1) is 15.9. The van der Waals surface area contributed by atoms with Gasteiger partial charge in [0.1, 0.15) is 5.25 Å². The van der Waals surface area contributed by atoms with E-state index in [4.69, 9.17) is 18.0 Å². The molecule has 0 saturated heterocycles. The summed E-state index contributed by atoms with van der Waals surface area (Å²) in [5.41, 5.74) is 5.50. The minimum atomic E-state index is -3.44. The van der Waals surface area contributed by atoms with Gasteiger partial charge in [0.15, 0.2) is 0 Å². The van der Waals surface area contributed by atoms with Gasteiger partial charge in [-0.15, -0.1) is 0 Å². The minimum absolute atomic E-state index is 0.0290. The number of rotatable bonds is 6. The molecule has 6 heteroatoms. The molecule has 1 rings (SSSR count). The molecule has 3 N–H and O–H groups in total. The Morgan fingerprint density at radius 2 is 1.94 bits per heavy atom. The van der Waals surface area contributed by atoms with Crippen LogP contribution in [0.15, 0.2) is 0 Å². The highest BCUT2D eigenvalue weighted by molar-refractivity contribution is 7.93. The molecular weight excluding hydrogens is 268 g/mol. The molecule has 0 spiro atoms. The van der Waals surface area contributed by atoms with Crippen LogP contribution >= 0.6 is 12.2 Å². The van der Waals surface area contributed by atoms with E-state index < -0.39 is 15.3 Å². The van der Waals surface area contributed by atoms with E-state index in [0.717, 1.165) is 12.8 Å². The largest absolute Gasteiger partial charge is 0.392 e. The summed E-state index contributed by atoms with van der Waals surface area (Å²) < 4.78 is 27.1. The third-order valence-corrected chi connectivity index (χ3v) is 6.24. The highest BCUT2D eigenvalue weighted by Crippen LogP contribution is 2.26. The van der Waals surface area contributed by atoms with Gasteiger partial charge in [-0.3, -0.25) is 0 Å². The first-order valence-electron chi connectivity index (χ1n) is 6.69. The molecule has 0 radical (unpaired) electrons. The lowest BCUT2D eigenvalue weighted by Crippen LogP contribution is -2.47. The zero-order valence-corrected chi connectivity index (χ0v) is 12.8. The standard InChI is InChI=1S/C12H24N2O2S2/c1-3-11(12(13)17)18(15,16)14-9(2)10-7-5-4-6-8-10/h9-11,14H,3-8H2,1-2H3,(H2,13,17). The van der Waals surface area contributed by atoms with Crippen molar-refractivity contribution in [2.75, 3.05) is 0 Å². The number of nitrogens with two attached hydrogens (primary N) is 1. The van der Waals surface area contributed by atoms with Crippen molar-refractivity contribution >= 4 is 27.2 Å². The monoisotopic (exact) mass is 292 g/mol. The summed E-state index contributed by atoms with van der Waals surface area (Å²) in [6.07, 6.45) is 6.29. The lowest BCUT2D eigenvalue weighted by atomic mass is 9.85. The number of sulfonamides is 1. The van der Waals surface area contributed by atoms with Gasteiger partial charge < -0.3 is 5.73 Å². The van der Waals surface area contributed by atoms with Gasteiger partial charge in [0.25, 0.3) is 0 Å². The van der Waals surface area contributed by atoms with Crippen LogP contribution in [0, 0.1) is 5.92 Å². The van der Waals surface area contributed by atoms with Gasteiger partial charge in [0.2, 0.25) is 10.0 Å². The Morgan fingerprint density at radius 1 is 1.39 bits per heavy atom. The first-order valence-corrected chi connectivity index (χ1v) is 8.64. The van der Waals surface area contributed by atoms with Crippen LogP contribution in [0.2, 0.25) is 0 Å². The molecule has 1 saturated carbocycles. The van der Waals surface area contributed by atoms with Crippen LogP contribution in [0.5, 0.6) is 0 Å². The lowest BCUT2D eigenvalue weighted by molar-refractivity contribution is 0.302. The maximum Gasteiger partial charge on any atom is 0.221 e. The average Bonchev–Trinajstić information content (AvgIpc) is 2.29. The van der Waals surface area contributed by atoms with Gasteiger partial charge in [-0.1, -0.05) is 38.4 Å². The molecule has 0 amide bonds. The van der Waals surface area contributed by atoms with Crippen LogP contribution < -0.4 is 10.5 Å². The highest BCUT2D eigenvalue weighted by atomic mass is 32.2. The Kier molecular flexibility index (Phi) is 6.01. The quantitative estimate of drug-likeness (QED) is 0.734. The first-order chi connectivity index (χ1) is 8.38. The van der Waals surface area contributed by atoms with Gasteiger partial charge in [-0.2, -0.15) is 0 Å². The molecule has 18 heavy (non-hydrogen) atoms.